The molecule has 100 valence electrons. The zero-order chi connectivity index (χ0) is 13.9. The van der Waals surface area contributed by atoms with E-state index in [0.29, 0.717) is 5.75 Å². The predicted molar refractivity (Wildman–Crippen MR) is 73.9 cm³/mol. The van der Waals surface area contributed by atoms with Crippen LogP contribution in [0.4, 0.5) is 0 Å². The third-order valence-corrected chi connectivity index (χ3v) is 3.88. The van der Waals surface area contributed by atoms with Gasteiger partial charge in [0.2, 0.25) is 0 Å². The van der Waals surface area contributed by atoms with Crippen molar-refractivity contribution in [3.8, 4) is 5.75 Å². The molecule has 18 heavy (non-hydrogen) atoms. The molecule has 0 aliphatic rings. The fourth-order valence-corrected chi connectivity index (χ4v) is 2.27. The number of ether oxygens (including phenoxy) is 1. The Morgan fingerprint density at radius 2 is 1.94 bits per heavy atom. The molecule has 0 amide bonds. The molecule has 1 unspecified atom stereocenters. The van der Waals surface area contributed by atoms with E-state index in [4.69, 9.17) is 15.4 Å². The second-order valence-electron chi connectivity index (χ2n) is 4.35. The van der Waals surface area contributed by atoms with Crippen LogP contribution in [0.5, 0.6) is 5.75 Å². The molecule has 0 saturated heterocycles. The molecule has 1 aromatic carbocycles. The van der Waals surface area contributed by atoms with E-state index < -0.39 is 9.05 Å². The predicted octanol–water partition coefficient (Wildman–Crippen LogP) is 3.69. The summed E-state index contributed by atoms with van der Waals surface area (Å²) < 4.78 is 28.3. The van der Waals surface area contributed by atoms with Crippen LogP contribution in [0.25, 0.3) is 0 Å². The maximum atomic E-state index is 11.3. The topological polar surface area (TPSA) is 43.4 Å². The van der Waals surface area contributed by atoms with Gasteiger partial charge in [0.25, 0.3) is 9.05 Å². The average molecular weight is 289 g/mol. The van der Waals surface area contributed by atoms with Crippen LogP contribution in [0, 0.1) is 0 Å². The SMILES string of the molecule is C=CC(C)Oc1ccc(S(=O)(=O)Cl)cc1C(C)C. The van der Waals surface area contributed by atoms with Crippen LogP contribution in [0.3, 0.4) is 0 Å². The Morgan fingerprint density at radius 3 is 2.39 bits per heavy atom. The molecular formula is C13H17ClO3S. The number of rotatable bonds is 5. The Labute approximate surface area is 113 Å². The van der Waals surface area contributed by atoms with Gasteiger partial charge in [0.1, 0.15) is 11.9 Å². The van der Waals surface area contributed by atoms with E-state index in [1.54, 1.807) is 18.2 Å². The lowest BCUT2D eigenvalue weighted by atomic mass is 10.0. The normalized spacial score (nSPS) is 13.4. The van der Waals surface area contributed by atoms with E-state index in [9.17, 15) is 8.42 Å². The molecule has 5 heteroatoms. The molecule has 0 aromatic heterocycles. The highest BCUT2D eigenvalue weighted by molar-refractivity contribution is 8.13. The second kappa shape index (κ2) is 5.76. The van der Waals surface area contributed by atoms with Crippen molar-refractivity contribution in [1.82, 2.24) is 0 Å². The third-order valence-electron chi connectivity index (χ3n) is 2.53. The highest BCUT2D eigenvalue weighted by atomic mass is 35.7. The first kappa shape index (κ1) is 15.1. The van der Waals surface area contributed by atoms with Crippen LogP contribution in [0.15, 0.2) is 35.7 Å². The van der Waals surface area contributed by atoms with Crippen molar-refractivity contribution in [3.05, 3.63) is 36.4 Å². The first-order chi connectivity index (χ1) is 8.25. The number of benzene rings is 1. The molecule has 3 nitrogen and oxygen atoms in total. The summed E-state index contributed by atoms with van der Waals surface area (Å²) in [4.78, 5) is 0.0893. The maximum absolute atomic E-state index is 11.3. The van der Waals surface area contributed by atoms with Gasteiger partial charge in [-0.25, -0.2) is 8.42 Å². The Balaban J connectivity index is 3.25. The summed E-state index contributed by atoms with van der Waals surface area (Å²) in [5.41, 5.74) is 0.811. The number of halogens is 1. The molecule has 0 saturated carbocycles. The smallest absolute Gasteiger partial charge is 0.261 e. The van der Waals surface area contributed by atoms with E-state index in [0.717, 1.165) is 5.56 Å². The molecule has 0 spiro atoms. The molecule has 1 aromatic rings. The van der Waals surface area contributed by atoms with Gasteiger partial charge in [-0.1, -0.05) is 26.5 Å². The first-order valence-corrected chi connectivity index (χ1v) is 7.94. The van der Waals surface area contributed by atoms with Crippen LogP contribution in [-0.2, 0) is 9.05 Å². The van der Waals surface area contributed by atoms with Gasteiger partial charge < -0.3 is 4.74 Å². The van der Waals surface area contributed by atoms with Gasteiger partial charge >= 0.3 is 0 Å². The van der Waals surface area contributed by atoms with Gasteiger partial charge in [0.05, 0.1) is 4.90 Å². The maximum Gasteiger partial charge on any atom is 0.261 e. The van der Waals surface area contributed by atoms with Crippen molar-refractivity contribution in [2.24, 2.45) is 0 Å². The van der Waals surface area contributed by atoms with Gasteiger partial charge in [-0.05, 0) is 36.6 Å². The first-order valence-electron chi connectivity index (χ1n) is 5.63. The van der Waals surface area contributed by atoms with Crippen molar-refractivity contribution < 1.29 is 13.2 Å². The van der Waals surface area contributed by atoms with E-state index in [1.165, 1.54) is 6.07 Å². The number of hydrogen-bond acceptors (Lipinski definition) is 3. The van der Waals surface area contributed by atoms with Gasteiger partial charge in [0, 0.05) is 10.7 Å². The minimum absolute atomic E-state index is 0.0893. The van der Waals surface area contributed by atoms with Crippen molar-refractivity contribution in [3.63, 3.8) is 0 Å². The van der Waals surface area contributed by atoms with E-state index >= 15 is 0 Å². The van der Waals surface area contributed by atoms with E-state index in [2.05, 4.69) is 6.58 Å². The molecule has 0 fully saturated rings. The van der Waals surface area contributed by atoms with Crippen LogP contribution in [-0.4, -0.2) is 14.5 Å². The molecule has 0 bridgehead atoms. The fourth-order valence-electron chi connectivity index (χ4n) is 1.49. The Hall–Kier alpha value is -1.00. The monoisotopic (exact) mass is 288 g/mol. The fraction of sp³-hybridized carbons (Fsp3) is 0.385. The third kappa shape index (κ3) is 3.75. The largest absolute Gasteiger partial charge is 0.486 e. The highest BCUT2D eigenvalue weighted by Crippen LogP contribution is 2.31. The lowest BCUT2D eigenvalue weighted by molar-refractivity contribution is 0.266. The van der Waals surface area contributed by atoms with Crippen molar-refractivity contribution in [2.75, 3.05) is 0 Å². The van der Waals surface area contributed by atoms with Gasteiger partial charge in [-0.2, -0.15) is 0 Å². The summed E-state index contributed by atoms with van der Waals surface area (Å²) >= 11 is 0. The molecule has 0 N–H and O–H groups in total. The van der Waals surface area contributed by atoms with Gasteiger partial charge in [0.15, 0.2) is 0 Å². The van der Waals surface area contributed by atoms with Crippen LogP contribution >= 0.6 is 10.7 Å². The van der Waals surface area contributed by atoms with E-state index in [-0.39, 0.29) is 16.9 Å². The lowest BCUT2D eigenvalue weighted by Crippen LogP contribution is -2.10. The summed E-state index contributed by atoms with van der Waals surface area (Å²) in [6, 6.07) is 4.63. The van der Waals surface area contributed by atoms with Crippen molar-refractivity contribution >= 4 is 19.7 Å². The Kier molecular flexibility index (Phi) is 4.82. The average Bonchev–Trinajstić information content (AvgIpc) is 2.27. The number of hydrogen-bond donors (Lipinski definition) is 0. The minimum Gasteiger partial charge on any atom is -0.486 e. The second-order valence-corrected chi connectivity index (χ2v) is 6.92. The zero-order valence-corrected chi connectivity index (χ0v) is 12.3. The van der Waals surface area contributed by atoms with Crippen molar-refractivity contribution in [1.29, 1.82) is 0 Å². The van der Waals surface area contributed by atoms with E-state index in [1.807, 2.05) is 20.8 Å². The van der Waals surface area contributed by atoms with Crippen LogP contribution in [0.1, 0.15) is 32.3 Å². The molecule has 0 aliphatic heterocycles. The van der Waals surface area contributed by atoms with Gasteiger partial charge in [-0.15, -0.1) is 0 Å². The Morgan fingerprint density at radius 1 is 1.33 bits per heavy atom. The molecule has 0 aliphatic carbocycles. The highest BCUT2D eigenvalue weighted by Gasteiger charge is 2.16. The quantitative estimate of drug-likeness (QED) is 0.613. The van der Waals surface area contributed by atoms with Crippen molar-refractivity contribution in [2.45, 2.75) is 37.7 Å². The standard InChI is InChI=1S/C13H17ClO3S/c1-5-10(4)17-13-7-6-11(18(14,15)16)8-12(13)9(2)3/h5-10H,1H2,2-4H3. The minimum atomic E-state index is -3.71. The van der Waals surface area contributed by atoms with Crippen LogP contribution in [0.2, 0.25) is 0 Å². The van der Waals surface area contributed by atoms with Gasteiger partial charge in [-0.3, -0.25) is 0 Å². The summed E-state index contributed by atoms with van der Waals surface area (Å²) in [5, 5.41) is 0. The molecule has 0 radical (unpaired) electrons. The molecule has 1 atom stereocenters. The summed E-state index contributed by atoms with van der Waals surface area (Å²) in [6.45, 7) is 9.44. The summed E-state index contributed by atoms with van der Waals surface area (Å²) in [7, 11) is 1.62. The molecular weight excluding hydrogens is 272 g/mol. The Bertz CT molecular complexity index is 535. The molecule has 0 heterocycles. The lowest BCUT2D eigenvalue weighted by Gasteiger charge is -2.17. The summed E-state index contributed by atoms with van der Waals surface area (Å²) in [6.07, 6.45) is 1.54. The summed E-state index contributed by atoms with van der Waals surface area (Å²) in [5.74, 6) is 0.789. The zero-order valence-electron chi connectivity index (χ0n) is 10.7. The molecule has 1 rings (SSSR count). The van der Waals surface area contributed by atoms with Crippen LogP contribution < -0.4 is 4.74 Å².